The number of hydrogen-bond donors (Lipinski definition) is 3. The number of methoxy groups -OCH3 is 5. The van der Waals surface area contributed by atoms with Crippen molar-refractivity contribution in [3.63, 3.8) is 0 Å². The summed E-state index contributed by atoms with van der Waals surface area (Å²) in [5, 5.41) is 35.1. The van der Waals surface area contributed by atoms with Crippen molar-refractivity contribution in [1.29, 1.82) is 0 Å². The number of ketones is 1. The maximum Gasteiger partial charge on any atom is 0.302 e. The second kappa shape index (κ2) is 24.6. The van der Waals surface area contributed by atoms with E-state index in [0.29, 0.717) is 51.4 Å². The Morgan fingerprint density at radius 3 is 1.35 bits per heavy atom. The van der Waals surface area contributed by atoms with Gasteiger partial charge in [-0.25, -0.2) is 0 Å². The fourth-order valence-electron chi connectivity index (χ4n) is 15.9. The Hall–Kier alpha value is -1.84. The lowest BCUT2D eigenvalue weighted by atomic mass is 9.44. The summed E-state index contributed by atoms with van der Waals surface area (Å²) in [4.78, 5) is 25.6. The third-order valence-electron chi connectivity index (χ3n) is 20.6. The quantitative estimate of drug-likeness (QED) is 0.129. The highest BCUT2D eigenvalue weighted by atomic mass is 16.8. The van der Waals surface area contributed by atoms with Gasteiger partial charge >= 0.3 is 5.97 Å². The van der Waals surface area contributed by atoms with Gasteiger partial charge in [-0.3, -0.25) is 9.59 Å². The zero-order valence-electron chi connectivity index (χ0n) is 49.1. The van der Waals surface area contributed by atoms with Crippen molar-refractivity contribution in [3.05, 3.63) is 11.6 Å². The second-order valence-electron chi connectivity index (χ2n) is 24.8. The molecule has 0 aromatic heterocycles. The molecule has 0 spiro atoms. The molecule has 3 saturated carbocycles. The Bertz CT molecular complexity index is 2120. The minimum atomic E-state index is -1.81. The Kier molecular flexibility index (Phi) is 19.2. The van der Waals surface area contributed by atoms with Crippen LogP contribution in [0.2, 0.25) is 0 Å². The van der Waals surface area contributed by atoms with E-state index in [1.807, 2.05) is 27.7 Å². The van der Waals surface area contributed by atoms with Crippen molar-refractivity contribution >= 4 is 11.8 Å². The van der Waals surface area contributed by atoms with Crippen LogP contribution in [0.15, 0.2) is 11.6 Å². The molecule has 8 fully saturated rings. The predicted molar refractivity (Wildman–Crippen MR) is 279 cm³/mol. The van der Waals surface area contributed by atoms with E-state index in [2.05, 4.69) is 13.0 Å². The van der Waals surface area contributed by atoms with E-state index in [1.54, 1.807) is 49.4 Å². The summed E-state index contributed by atoms with van der Waals surface area (Å²) < 4.78 is 101. The first-order valence-electron chi connectivity index (χ1n) is 29.1. The van der Waals surface area contributed by atoms with Gasteiger partial charge in [-0.2, -0.15) is 0 Å². The number of aliphatic hydroxyl groups excluding tert-OH is 1. The van der Waals surface area contributed by atoms with Crippen LogP contribution >= 0.6 is 0 Å². The molecule has 21 nitrogen and oxygen atoms in total. The first-order valence-corrected chi connectivity index (χ1v) is 29.1. The highest BCUT2D eigenvalue weighted by molar-refractivity contribution is 5.87. The summed E-state index contributed by atoms with van der Waals surface area (Å²) in [6.07, 6.45) is -3.03. The molecule has 0 bridgehead atoms. The van der Waals surface area contributed by atoms with Crippen LogP contribution in [0.5, 0.6) is 0 Å². The number of fused-ring (bicyclic) bond motifs is 5. The van der Waals surface area contributed by atoms with Gasteiger partial charge in [0.25, 0.3) is 0 Å². The van der Waals surface area contributed by atoms with E-state index >= 15 is 0 Å². The first kappa shape index (κ1) is 61.7. The number of Topliss-reactive ketones (excluding diaryl/α,β-unsaturated/α-hetero) is 1. The van der Waals surface area contributed by atoms with Gasteiger partial charge in [0.2, 0.25) is 0 Å². The van der Waals surface area contributed by atoms with Gasteiger partial charge < -0.3 is 91.1 Å². The molecule has 0 radical (unpaired) electrons. The average Bonchev–Trinajstić information content (AvgIpc) is 2.62. The van der Waals surface area contributed by atoms with Crippen LogP contribution in [0.4, 0.5) is 0 Å². The summed E-state index contributed by atoms with van der Waals surface area (Å²) >= 11 is 0. The topological polar surface area (TPSA) is 243 Å². The SMILES string of the molecule is CO[C@H]1C[C@H](O[C@H]2CC[C@@]3(C)C(=CC[C@@H]4[C@@H]3C[C@@H](OC(C)=O)[C@]3(C)[C@](O)(C(C)=O)CC[C@]43O)C2)O[C@H](C)[C@H]1O[C@H]1C[C@H](OC)[C@H](O[C@H]2C[C@@H](OC)[C@H](O[C@H]3C[C@@H](OC)[C@H](O[C@H]4C[C@@H](OC)[C@@H](O)[C@H](C)O4)[C@@H](C)O3)[C@@H](C)O2)[C@@H](C)O1. The third kappa shape index (κ3) is 11.6. The lowest BCUT2D eigenvalue weighted by molar-refractivity contribution is -0.352. The van der Waals surface area contributed by atoms with Gasteiger partial charge in [-0.1, -0.05) is 25.5 Å². The van der Waals surface area contributed by atoms with Crippen molar-refractivity contribution in [2.45, 2.75) is 286 Å². The van der Waals surface area contributed by atoms with Gasteiger partial charge in [0.05, 0.1) is 78.2 Å². The minimum Gasteiger partial charge on any atom is -0.462 e. The van der Waals surface area contributed by atoms with Gasteiger partial charge in [-0.15, -0.1) is 0 Å². The number of allylic oxidation sites excluding steroid dienone is 1. The Morgan fingerprint density at radius 2 is 0.949 bits per heavy atom. The first-order chi connectivity index (χ1) is 37.4. The molecule has 9 aliphatic rings. The Balaban J connectivity index is 0.760. The smallest absolute Gasteiger partial charge is 0.302 e. The highest BCUT2D eigenvalue weighted by Crippen LogP contribution is 2.69. The van der Waals surface area contributed by atoms with Gasteiger partial charge in [0.15, 0.2) is 37.2 Å². The fraction of sp³-hybridized carbons (Fsp3) is 0.931. The average molecular weight is 1130 g/mol. The maximum absolute atomic E-state index is 13.1. The lowest BCUT2D eigenvalue weighted by Gasteiger charge is -2.63. The van der Waals surface area contributed by atoms with Crippen LogP contribution in [0.3, 0.4) is 0 Å². The molecule has 0 amide bonds. The van der Waals surface area contributed by atoms with Gasteiger partial charge in [-0.05, 0) is 104 Å². The zero-order chi connectivity index (χ0) is 57.1. The summed E-state index contributed by atoms with van der Waals surface area (Å²) in [6.45, 7) is 16.2. The summed E-state index contributed by atoms with van der Waals surface area (Å²) in [5.41, 5.74) is -3.63. The Labute approximate surface area is 466 Å². The van der Waals surface area contributed by atoms with Crippen LogP contribution < -0.4 is 0 Å². The number of carbonyl (C=O) groups excluding carboxylic acids is 2. The van der Waals surface area contributed by atoms with Crippen LogP contribution in [0, 0.1) is 22.7 Å². The molecule has 3 N–H and O–H groups in total. The van der Waals surface area contributed by atoms with Gasteiger partial charge in [0.1, 0.15) is 42.2 Å². The Morgan fingerprint density at radius 1 is 0.544 bits per heavy atom. The second-order valence-corrected chi connectivity index (χ2v) is 24.8. The van der Waals surface area contributed by atoms with Gasteiger partial charge in [0, 0.05) is 74.6 Å². The molecule has 0 aromatic rings. The van der Waals surface area contributed by atoms with Crippen LogP contribution in [0.25, 0.3) is 0 Å². The summed E-state index contributed by atoms with van der Waals surface area (Å²) in [6, 6.07) is 0. The molecular formula is C58H94O21. The number of esters is 1. The maximum atomic E-state index is 13.1. The van der Waals surface area contributed by atoms with Crippen molar-refractivity contribution < 1.29 is 101 Å². The van der Waals surface area contributed by atoms with E-state index in [-0.39, 0.29) is 48.4 Å². The molecule has 79 heavy (non-hydrogen) atoms. The predicted octanol–water partition coefficient (Wildman–Crippen LogP) is 4.96. The molecule has 4 aliphatic carbocycles. The zero-order valence-corrected chi connectivity index (χ0v) is 49.1. The van der Waals surface area contributed by atoms with E-state index in [1.165, 1.54) is 19.4 Å². The number of aliphatic hydroxyl groups is 3. The van der Waals surface area contributed by atoms with Crippen molar-refractivity contribution in [2.75, 3.05) is 35.5 Å². The van der Waals surface area contributed by atoms with Crippen LogP contribution in [-0.4, -0.2) is 209 Å². The molecule has 5 aliphatic heterocycles. The van der Waals surface area contributed by atoms with Crippen molar-refractivity contribution in [3.8, 4) is 0 Å². The normalized spacial score (nSPS) is 51.1. The summed E-state index contributed by atoms with van der Waals surface area (Å²) in [7, 11) is 8.18. The standard InChI is InChI=1S/C58H94O21/c1-28-50(61)39(64-10)23-46(69-28)76-52-30(3)71-48(25-41(52)66-12)78-54-32(5)73-49(27-43(54)68-14)79-53-31(4)72-47(26-42(53)67-13)77-51-29(2)70-45(24-40(51)65-11)75-36-17-18-55(8)35(21-36)15-16-37-38(55)22-44(74-34(7)60)56(9)57(62,33(6)59)19-20-58(37,56)63/h15,28-32,36-54,61-63H,16-27H2,1-14H3/t28-,29+,30+,31+,32+,36-,37+,38-,39+,40-,41+,42-,43+,44+,45-,46-,47-,48-,49-,50-,51+,52+,53+,54+,55-,56+,57+,58-/m0/s1. The van der Waals surface area contributed by atoms with Crippen LogP contribution in [0.1, 0.15) is 139 Å². The number of ether oxygens (including phenoxy) is 16. The monoisotopic (exact) mass is 1130 g/mol. The number of hydrogen-bond acceptors (Lipinski definition) is 21. The highest BCUT2D eigenvalue weighted by Gasteiger charge is 2.77. The van der Waals surface area contributed by atoms with Crippen molar-refractivity contribution in [2.24, 2.45) is 22.7 Å². The molecule has 0 unspecified atom stereocenters. The third-order valence-corrected chi connectivity index (χ3v) is 20.6. The molecule has 0 aromatic carbocycles. The molecule has 28 atom stereocenters. The number of carbonyl (C=O) groups is 2. The molecule has 452 valence electrons. The molecule has 5 heterocycles. The number of rotatable bonds is 17. The minimum absolute atomic E-state index is 0.0400. The van der Waals surface area contributed by atoms with Crippen LogP contribution in [-0.2, 0) is 85.4 Å². The van der Waals surface area contributed by atoms with Crippen molar-refractivity contribution in [1.82, 2.24) is 0 Å². The van der Waals surface area contributed by atoms with E-state index in [4.69, 9.17) is 75.8 Å². The summed E-state index contributed by atoms with van der Waals surface area (Å²) in [5.74, 6) is -1.18. The molecule has 21 heteroatoms. The molecule has 9 rings (SSSR count). The molecule has 5 saturated heterocycles. The largest absolute Gasteiger partial charge is 0.462 e. The fourth-order valence-corrected chi connectivity index (χ4v) is 15.9. The molecular weight excluding hydrogens is 1030 g/mol. The lowest BCUT2D eigenvalue weighted by Crippen LogP contribution is -2.71. The van der Waals surface area contributed by atoms with E-state index in [9.17, 15) is 24.9 Å². The van der Waals surface area contributed by atoms with E-state index in [0.717, 1.165) is 12.8 Å². The van der Waals surface area contributed by atoms with E-state index < -0.39 is 145 Å².